The van der Waals surface area contributed by atoms with Crippen molar-refractivity contribution >= 4 is 49.5 Å². The summed E-state index contributed by atoms with van der Waals surface area (Å²) in [6.07, 6.45) is 4.60. The van der Waals surface area contributed by atoms with Crippen LogP contribution in [0.5, 0.6) is 0 Å². The summed E-state index contributed by atoms with van der Waals surface area (Å²) >= 11 is 6.73. The molecule has 0 spiro atoms. The number of furan rings is 1. The molecule has 0 radical (unpaired) electrons. The number of hydrogen-bond acceptors (Lipinski definition) is 2. The molecule has 1 amide bonds. The van der Waals surface area contributed by atoms with E-state index in [1.807, 2.05) is 18.2 Å². The lowest BCUT2D eigenvalue weighted by Gasteiger charge is -2.05. The summed E-state index contributed by atoms with van der Waals surface area (Å²) in [5.41, 5.74) is 0.715. The standard InChI is InChI=1S/C13H9Br2NO2/c14-9-3-5-12(11(15)8-9)16-13(17)6-4-10-2-1-7-18-10/h1-8H,(H,16,17). The number of benzene rings is 1. The second-order valence-corrected chi connectivity index (χ2v) is 5.23. The monoisotopic (exact) mass is 369 g/mol. The van der Waals surface area contributed by atoms with E-state index in [4.69, 9.17) is 4.42 Å². The van der Waals surface area contributed by atoms with E-state index in [0.29, 0.717) is 11.4 Å². The number of halogens is 2. The normalized spacial score (nSPS) is 10.8. The molecule has 0 atom stereocenters. The van der Waals surface area contributed by atoms with Gasteiger partial charge in [-0.05, 0) is 52.3 Å². The summed E-state index contributed by atoms with van der Waals surface area (Å²) in [6.45, 7) is 0. The second-order valence-electron chi connectivity index (χ2n) is 3.46. The third kappa shape index (κ3) is 3.58. The Labute approximate surface area is 121 Å². The number of carbonyl (C=O) groups is 1. The highest BCUT2D eigenvalue weighted by Gasteiger charge is 2.03. The van der Waals surface area contributed by atoms with E-state index in [1.165, 1.54) is 6.08 Å². The molecule has 1 N–H and O–H groups in total. The topological polar surface area (TPSA) is 42.2 Å². The average Bonchev–Trinajstić information content (AvgIpc) is 2.83. The van der Waals surface area contributed by atoms with Gasteiger partial charge in [0, 0.05) is 15.0 Å². The van der Waals surface area contributed by atoms with Crippen molar-refractivity contribution in [2.75, 3.05) is 5.32 Å². The van der Waals surface area contributed by atoms with Crippen molar-refractivity contribution in [3.05, 3.63) is 57.4 Å². The van der Waals surface area contributed by atoms with Crippen LogP contribution < -0.4 is 5.32 Å². The molecule has 0 unspecified atom stereocenters. The molecule has 5 heteroatoms. The zero-order chi connectivity index (χ0) is 13.0. The van der Waals surface area contributed by atoms with Crippen LogP contribution in [0.4, 0.5) is 5.69 Å². The number of amides is 1. The molecule has 0 saturated heterocycles. The van der Waals surface area contributed by atoms with Crippen LogP contribution in [0.1, 0.15) is 5.76 Å². The first-order valence-corrected chi connectivity index (χ1v) is 6.71. The summed E-state index contributed by atoms with van der Waals surface area (Å²) in [5.74, 6) is 0.425. The fourth-order valence-corrected chi connectivity index (χ4v) is 2.46. The molecule has 3 nitrogen and oxygen atoms in total. The van der Waals surface area contributed by atoms with Gasteiger partial charge < -0.3 is 9.73 Å². The fourth-order valence-electron chi connectivity index (χ4n) is 1.31. The van der Waals surface area contributed by atoms with Crippen LogP contribution in [0.25, 0.3) is 6.08 Å². The maximum absolute atomic E-state index is 11.7. The number of hydrogen-bond donors (Lipinski definition) is 1. The van der Waals surface area contributed by atoms with Gasteiger partial charge in [-0.25, -0.2) is 0 Å². The van der Waals surface area contributed by atoms with Gasteiger partial charge in [0.1, 0.15) is 5.76 Å². The lowest BCUT2D eigenvalue weighted by molar-refractivity contribution is -0.111. The first-order valence-electron chi connectivity index (χ1n) is 5.13. The van der Waals surface area contributed by atoms with Crippen LogP contribution in [0.2, 0.25) is 0 Å². The third-order valence-corrected chi connectivity index (χ3v) is 3.28. The largest absolute Gasteiger partial charge is 0.465 e. The van der Waals surface area contributed by atoms with Crippen LogP contribution >= 0.6 is 31.9 Å². The SMILES string of the molecule is O=C(C=Cc1ccco1)Nc1ccc(Br)cc1Br. The molecule has 1 heterocycles. The van der Waals surface area contributed by atoms with Crippen molar-refractivity contribution in [3.8, 4) is 0 Å². The van der Waals surface area contributed by atoms with Crippen molar-refractivity contribution in [2.45, 2.75) is 0 Å². The van der Waals surface area contributed by atoms with Crippen molar-refractivity contribution in [3.63, 3.8) is 0 Å². The Bertz CT molecular complexity index is 577. The fraction of sp³-hybridized carbons (Fsp3) is 0. The molecule has 0 aliphatic carbocycles. The van der Waals surface area contributed by atoms with E-state index in [0.717, 1.165) is 8.95 Å². The van der Waals surface area contributed by atoms with Crippen molar-refractivity contribution < 1.29 is 9.21 Å². The summed E-state index contributed by atoms with van der Waals surface area (Å²) in [6, 6.07) is 9.08. The number of nitrogens with one attached hydrogen (secondary N) is 1. The number of carbonyl (C=O) groups excluding carboxylic acids is 1. The zero-order valence-corrected chi connectivity index (χ0v) is 12.4. The summed E-state index contributed by atoms with van der Waals surface area (Å²) in [7, 11) is 0. The average molecular weight is 371 g/mol. The van der Waals surface area contributed by atoms with Gasteiger partial charge in [0.15, 0.2) is 0 Å². The second kappa shape index (κ2) is 6.02. The Morgan fingerprint density at radius 1 is 1.28 bits per heavy atom. The minimum Gasteiger partial charge on any atom is -0.465 e. The van der Waals surface area contributed by atoms with Gasteiger partial charge in [-0.15, -0.1) is 0 Å². The molecule has 0 bridgehead atoms. The first-order chi connectivity index (χ1) is 8.65. The first kappa shape index (κ1) is 13.1. The molecule has 1 aromatic heterocycles. The van der Waals surface area contributed by atoms with Crippen LogP contribution in [0, 0.1) is 0 Å². The number of anilines is 1. The Morgan fingerprint density at radius 3 is 2.78 bits per heavy atom. The van der Waals surface area contributed by atoms with Crippen molar-refractivity contribution in [1.82, 2.24) is 0 Å². The van der Waals surface area contributed by atoms with Gasteiger partial charge >= 0.3 is 0 Å². The highest BCUT2D eigenvalue weighted by atomic mass is 79.9. The van der Waals surface area contributed by atoms with E-state index in [1.54, 1.807) is 24.5 Å². The van der Waals surface area contributed by atoms with Crippen LogP contribution in [-0.4, -0.2) is 5.91 Å². The molecular weight excluding hydrogens is 362 g/mol. The zero-order valence-electron chi connectivity index (χ0n) is 9.19. The Kier molecular flexibility index (Phi) is 4.38. The molecule has 1 aromatic carbocycles. The van der Waals surface area contributed by atoms with Crippen LogP contribution in [-0.2, 0) is 4.79 Å². The Hall–Kier alpha value is -1.33. The van der Waals surface area contributed by atoms with E-state index in [-0.39, 0.29) is 5.91 Å². The Morgan fingerprint density at radius 2 is 2.11 bits per heavy atom. The molecular formula is C13H9Br2NO2. The van der Waals surface area contributed by atoms with E-state index in [2.05, 4.69) is 37.2 Å². The Balaban J connectivity index is 2.03. The molecule has 92 valence electrons. The summed E-state index contributed by atoms with van der Waals surface area (Å²) in [4.78, 5) is 11.7. The number of rotatable bonds is 3. The maximum atomic E-state index is 11.7. The molecule has 0 aliphatic heterocycles. The van der Waals surface area contributed by atoms with Gasteiger partial charge in [-0.1, -0.05) is 15.9 Å². The quantitative estimate of drug-likeness (QED) is 0.810. The van der Waals surface area contributed by atoms with Gasteiger partial charge in [0.05, 0.1) is 12.0 Å². The predicted octanol–water partition coefficient (Wildman–Crippen LogP) is 4.46. The summed E-state index contributed by atoms with van der Waals surface area (Å²) in [5, 5.41) is 2.76. The van der Waals surface area contributed by atoms with E-state index < -0.39 is 0 Å². The van der Waals surface area contributed by atoms with Gasteiger partial charge in [0.2, 0.25) is 5.91 Å². The van der Waals surface area contributed by atoms with E-state index in [9.17, 15) is 4.79 Å². The molecule has 0 aliphatic rings. The van der Waals surface area contributed by atoms with Gasteiger partial charge in [-0.2, -0.15) is 0 Å². The van der Waals surface area contributed by atoms with Crippen molar-refractivity contribution in [1.29, 1.82) is 0 Å². The summed E-state index contributed by atoms with van der Waals surface area (Å²) < 4.78 is 6.85. The molecule has 0 fully saturated rings. The van der Waals surface area contributed by atoms with E-state index >= 15 is 0 Å². The van der Waals surface area contributed by atoms with Gasteiger partial charge in [-0.3, -0.25) is 4.79 Å². The third-order valence-electron chi connectivity index (χ3n) is 2.13. The molecule has 2 rings (SSSR count). The molecule has 2 aromatic rings. The predicted molar refractivity (Wildman–Crippen MR) is 78.2 cm³/mol. The van der Waals surface area contributed by atoms with Crippen molar-refractivity contribution in [2.24, 2.45) is 0 Å². The minimum absolute atomic E-state index is 0.213. The highest BCUT2D eigenvalue weighted by molar-refractivity contribution is 9.11. The lowest BCUT2D eigenvalue weighted by atomic mass is 10.3. The van der Waals surface area contributed by atoms with Crippen LogP contribution in [0.15, 0.2) is 56.0 Å². The smallest absolute Gasteiger partial charge is 0.248 e. The maximum Gasteiger partial charge on any atom is 0.248 e. The molecule has 18 heavy (non-hydrogen) atoms. The van der Waals surface area contributed by atoms with Gasteiger partial charge in [0.25, 0.3) is 0 Å². The molecule has 0 saturated carbocycles. The lowest BCUT2D eigenvalue weighted by Crippen LogP contribution is -2.08. The van der Waals surface area contributed by atoms with Crippen LogP contribution in [0.3, 0.4) is 0 Å². The highest BCUT2D eigenvalue weighted by Crippen LogP contribution is 2.26. The minimum atomic E-state index is -0.213.